The maximum atomic E-state index is 12.3. The Balaban J connectivity index is 1.85. The summed E-state index contributed by atoms with van der Waals surface area (Å²) in [5.74, 6) is 1.36. The predicted octanol–water partition coefficient (Wildman–Crippen LogP) is 2.38. The molecule has 0 radical (unpaired) electrons. The lowest BCUT2D eigenvalue weighted by atomic mass is 9.87. The van der Waals surface area contributed by atoms with Crippen molar-refractivity contribution < 1.29 is 4.79 Å². The van der Waals surface area contributed by atoms with Crippen LogP contribution in [0.4, 0.5) is 0 Å². The number of amides is 1. The van der Waals surface area contributed by atoms with E-state index in [9.17, 15) is 4.79 Å². The molecule has 0 bridgehead atoms. The minimum absolute atomic E-state index is 0.165. The maximum Gasteiger partial charge on any atom is 0.233 e. The number of aromatic nitrogens is 4. The highest BCUT2D eigenvalue weighted by molar-refractivity contribution is 7.99. The summed E-state index contributed by atoms with van der Waals surface area (Å²) in [6.07, 6.45) is 4.69. The molecule has 21 heavy (non-hydrogen) atoms. The Labute approximate surface area is 130 Å². The zero-order valence-corrected chi connectivity index (χ0v) is 14.1. The summed E-state index contributed by atoms with van der Waals surface area (Å²) in [4.78, 5) is 14.2. The van der Waals surface area contributed by atoms with Crippen molar-refractivity contribution >= 4 is 17.7 Å². The maximum absolute atomic E-state index is 12.3. The van der Waals surface area contributed by atoms with E-state index in [1.54, 1.807) is 4.68 Å². The van der Waals surface area contributed by atoms with E-state index in [2.05, 4.69) is 22.4 Å². The molecule has 118 valence electrons. The van der Waals surface area contributed by atoms with Crippen LogP contribution >= 0.6 is 11.8 Å². The lowest BCUT2D eigenvalue weighted by molar-refractivity contribution is -0.129. The molecule has 1 heterocycles. The van der Waals surface area contributed by atoms with Crippen molar-refractivity contribution in [1.29, 1.82) is 0 Å². The number of hydrogen-bond donors (Lipinski definition) is 0. The monoisotopic (exact) mass is 311 g/mol. The number of tetrazole rings is 1. The molecule has 0 aliphatic heterocycles. The molecule has 1 amide bonds. The smallest absolute Gasteiger partial charge is 0.233 e. The van der Waals surface area contributed by atoms with Crippen LogP contribution in [0.1, 0.15) is 52.5 Å². The van der Waals surface area contributed by atoms with Gasteiger partial charge in [-0.25, -0.2) is 4.68 Å². The zero-order valence-electron chi connectivity index (χ0n) is 13.3. The third-order valence-electron chi connectivity index (χ3n) is 4.20. The summed E-state index contributed by atoms with van der Waals surface area (Å²) in [7, 11) is 1.93. The van der Waals surface area contributed by atoms with Gasteiger partial charge in [-0.2, -0.15) is 0 Å². The van der Waals surface area contributed by atoms with E-state index in [-0.39, 0.29) is 11.9 Å². The molecule has 1 fully saturated rings. The van der Waals surface area contributed by atoms with E-state index in [1.807, 2.05) is 25.8 Å². The molecular weight excluding hydrogens is 286 g/mol. The van der Waals surface area contributed by atoms with Gasteiger partial charge in [0.15, 0.2) is 0 Å². The Kier molecular flexibility index (Phi) is 5.61. The van der Waals surface area contributed by atoms with Gasteiger partial charge in [0.05, 0.1) is 11.8 Å². The molecule has 2 rings (SSSR count). The Morgan fingerprint density at radius 1 is 1.38 bits per heavy atom. The van der Waals surface area contributed by atoms with Crippen LogP contribution < -0.4 is 0 Å². The van der Waals surface area contributed by atoms with Gasteiger partial charge in [0.25, 0.3) is 0 Å². The van der Waals surface area contributed by atoms with Crippen LogP contribution in [-0.2, 0) is 4.79 Å². The van der Waals surface area contributed by atoms with Gasteiger partial charge in [-0.3, -0.25) is 4.79 Å². The topological polar surface area (TPSA) is 63.9 Å². The number of thioether (sulfide) groups is 1. The molecular formula is C14H25N5OS. The zero-order chi connectivity index (χ0) is 15.4. The SMILES string of the molecule is CC1CCC(N(C)C(=O)CSc2nnnn2C(C)C)CC1. The fourth-order valence-electron chi connectivity index (χ4n) is 2.67. The van der Waals surface area contributed by atoms with E-state index < -0.39 is 0 Å². The number of hydrogen-bond acceptors (Lipinski definition) is 5. The summed E-state index contributed by atoms with van der Waals surface area (Å²) >= 11 is 1.42. The average Bonchev–Trinajstić information content (AvgIpc) is 2.93. The first-order valence-electron chi connectivity index (χ1n) is 7.65. The fraction of sp³-hybridized carbons (Fsp3) is 0.857. The second kappa shape index (κ2) is 7.24. The van der Waals surface area contributed by atoms with Crippen molar-refractivity contribution in [2.45, 2.75) is 63.7 Å². The summed E-state index contributed by atoms with van der Waals surface area (Å²) in [6, 6.07) is 0.602. The first kappa shape index (κ1) is 16.3. The highest BCUT2D eigenvalue weighted by Crippen LogP contribution is 2.27. The molecule has 0 aromatic carbocycles. The van der Waals surface area contributed by atoms with Crippen molar-refractivity contribution in [2.24, 2.45) is 5.92 Å². The molecule has 7 heteroatoms. The highest BCUT2D eigenvalue weighted by Gasteiger charge is 2.25. The minimum Gasteiger partial charge on any atom is -0.342 e. The normalized spacial score (nSPS) is 22.5. The number of rotatable bonds is 5. The highest BCUT2D eigenvalue weighted by atomic mass is 32.2. The predicted molar refractivity (Wildman–Crippen MR) is 83.1 cm³/mol. The van der Waals surface area contributed by atoms with Gasteiger partial charge in [0.2, 0.25) is 11.1 Å². The lowest BCUT2D eigenvalue weighted by Gasteiger charge is -2.33. The van der Waals surface area contributed by atoms with Crippen LogP contribution in [0.2, 0.25) is 0 Å². The molecule has 1 aliphatic rings. The van der Waals surface area contributed by atoms with Crippen molar-refractivity contribution in [1.82, 2.24) is 25.1 Å². The minimum atomic E-state index is 0.165. The summed E-state index contributed by atoms with van der Waals surface area (Å²) in [5, 5.41) is 12.3. The third kappa shape index (κ3) is 4.18. The van der Waals surface area contributed by atoms with Crippen molar-refractivity contribution in [3.05, 3.63) is 0 Å². The molecule has 0 atom stereocenters. The van der Waals surface area contributed by atoms with E-state index in [4.69, 9.17) is 0 Å². The van der Waals surface area contributed by atoms with Gasteiger partial charge in [0.1, 0.15) is 0 Å². The van der Waals surface area contributed by atoms with E-state index in [0.29, 0.717) is 17.0 Å². The molecule has 0 unspecified atom stereocenters. The Bertz CT molecular complexity index is 468. The Morgan fingerprint density at radius 2 is 2.05 bits per heavy atom. The van der Waals surface area contributed by atoms with E-state index in [1.165, 1.54) is 24.6 Å². The molecule has 1 aromatic rings. The first-order valence-corrected chi connectivity index (χ1v) is 8.64. The van der Waals surface area contributed by atoms with E-state index in [0.717, 1.165) is 18.8 Å². The van der Waals surface area contributed by atoms with Crippen LogP contribution in [0, 0.1) is 5.92 Å². The van der Waals surface area contributed by atoms with Gasteiger partial charge < -0.3 is 4.90 Å². The number of nitrogens with zero attached hydrogens (tertiary/aromatic N) is 5. The largest absolute Gasteiger partial charge is 0.342 e. The standard InChI is InChI=1S/C14H25N5OS/c1-10(2)19-14(15-16-17-19)21-9-13(20)18(4)12-7-5-11(3)6-8-12/h10-12H,5-9H2,1-4H3. The second-order valence-corrected chi connectivity index (χ2v) is 7.15. The molecule has 1 saturated carbocycles. The van der Waals surface area contributed by atoms with Crippen LogP contribution in [0.15, 0.2) is 5.16 Å². The molecule has 6 nitrogen and oxygen atoms in total. The molecule has 1 aliphatic carbocycles. The fourth-order valence-corrected chi connectivity index (χ4v) is 3.60. The van der Waals surface area contributed by atoms with Crippen molar-refractivity contribution in [3.63, 3.8) is 0 Å². The van der Waals surface area contributed by atoms with Gasteiger partial charge in [-0.15, -0.1) is 5.10 Å². The van der Waals surface area contributed by atoms with E-state index >= 15 is 0 Å². The molecule has 0 spiro atoms. The average molecular weight is 311 g/mol. The quantitative estimate of drug-likeness (QED) is 0.781. The number of carbonyl (C=O) groups is 1. The van der Waals surface area contributed by atoms with Crippen LogP contribution in [-0.4, -0.2) is 49.9 Å². The number of carbonyl (C=O) groups excluding carboxylic acids is 1. The van der Waals surface area contributed by atoms with Crippen molar-refractivity contribution in [3.8, 4) is 0 Å². The van der Waals surface area contributed by atoms with Gasteiger partial charge in [-0.05, 0) is 55.9 Å². The lowest BCUT2D eigenvalue weighted by Crippen LogP contribution is -2.40. The van der Waals surface area contributed by atoms with Gasteiger partial charge in [0, 0.05) is 13.1 Å². The Morgan fingerprint density at radius 3 is 2.67 bits per heavy atom. The van der Waals surface area contributed by atoms with Crippen LogP contribution in [0.5, 0.6) is 0 Å². The second-order valence-electron chi connectivity index (χ2n) is 6.21. The third-order valence-corrected chi connectivity index (χ3v) is 5.12. The summed E-state index contributed by atoms with van der Waals surface area (Å²) < 4.78 is 1.75. The van der Waals surface area contributed by atoms with Crippen molar-refractivity contribution in [2.75, 3.05) is 12.8 Å². The summed E-state index contributed by atoms with van der Waals surface area (Å²) in [5.41, 5.74) is 0. The van der Waals surface area contributed by atoms with Gasteiger partial charge in [-0.1, -0.05) is 18.7 Å². The molecule has 1 aromatic heterocycles. The van der Waals surface area contributed by atoms with Crippen LogP contribution in [0.25, 0.3) is 0 Å². The molecule has 0 N–H and O–H groups in total. The van der Waals surface area contributed by atoms with Gasteiger partial charge >= 0.3 is 0 Å². The molecule has 0 saturated heterocycles. The first-order chi connectivity index (χ1) is 9.99. The Hall–Kier alpha value is -1.11. The van der Waals surface area contributed by atoms with Crippen LogP contribution in [0.3, 0.4) is 0 Å². The summed E-state index contributed by atoms with van der Waals surface area (Å²) in [6.45, 7) is 6.34.